The Hall–Kier alpha value is -2.84. The first-order valence-corrected chi connectivity index (χ1v) is 11.7. The fourth-order valence-electron chi connectivity index (χ4n) is 5.40. The molecule has 12 heteroatoms. The molecule has 0 aromatic heterocycles. The summed E-state index contributed by atoms with van der Waals surface area (Å²) in [6, 6.07) is -1.48. The molecule has 35 heavy (non-hydrogen) atoms. The Morgan fingerprint density at radius 3 is 2.34 bits per heavy atom. The average molecular weight is 500 g/mol. The molecule has 0 aromatic rings. The molecule has 0 radical (unpaired) electrons. The zero-order valence-corrected chi connectivity index (χ0v) is 20.5. The Balaban J connectivity index is 1.81. The van der Waals surface area contributed by atoms with Crippen LogP contribution in [0.15, 0.2) is 0 Å². The summed E-state index contributed by atoms with van der Waals surface area (Å²) >= 11 is 0. The van der Waals surface area contributed by atoms with Gasteiger partial charge < -0.3 is 20.9 Å². The molecule has 1 aliphatic carbocycles. The Morgan fingerprint density at radius 1 is 1.23 bits per heavy atom. The molecule has 0 bridgehead atoms. The van der Waals surface area contributed by atoms with Crippen LogP contribution in [0.4, 0.5) is 13.2 Å². The molecule has 2 saturated heterocycles. The Kier molecular flexibility index (Phi) is 6.87. The third-order valence-corrected chi connectivity index (χ3v) is 7.56. The van der Waals surface area contributed by atoms with Crippen LogP contribution >= 0.6 is 0 Å². The minimum absolute atomic E-state index is 0.0396. The summed E-state index contributed by atoms with van der Waals surface area (Å²) < 4.78 is 38.8. The zero-order valence-electron chi connectivity index (χ0n) is 20.5. The number of carbonyl (C=O) groups is 4. The highest BCUT2D eigenvalue weighted by Gasteiger charge is 2.70. The highest BCUT2D eigenvalue weighted by Crippen LogP contribution is 2.65. The van der Waals surface area contributed by atoms with Crippen LogP contribution in [0.5, 0.6) is 0 Å². The van der Waals surface area contributed by atoms with Crippen LogP contribution in [0, 0.1) is 39.9 Å². The van der Waals surface area contributed by atoms with Crippen molar-refractivity contribution < 1.29 is 32.3 Å². The number of nitrogens with zero attached hydrogens (tertiary/aromatic N) is 2. The van der Waals surface area contributed by atoms with Crippen molar-refractivity contribution in [3.8, 4) is 6.07 Å². The molecular weight excluding hydrogens is 467 g/mol. The maximum atomic E-state index is 13.5. The first-order valence-electron chi connectivity index (χ1n) is 11.7. The molecule has 1 saturated carbocycles. The number of rotatable bonds is 6. The van der Waals surface area contributed by atoms with E-state index in [9.17, 15) is 37.6 Å². The van der Waals surface area contributed by atoms with Crippen LogP contribution in [-0.4, -0.2) is 65.9 Å². The number of amides is 4. The van der Waals surface area contributed by atoms with Gasteiger partial charge in [-0.1, -0.05) is 34.6 Å². The fraction of sp³-hybridized carbons (Fsp3) is 0.783. The number of fused-ring (bicyclic) bond motifs is 1. The van der Waals surface area contributed by atoms with Gasteiger partial charge in [0.15, 0.2) is 0 Å². The second-order valence-electron chi connectivity index (χ2n) is 11.4. The summed E-state index contributed by atoms with van der Waals surface area (Å²) in [5.74, 6) is -4.46. The number of halogens is 3. The van der Waals surface area contributed by atoms with Gasteiger partial charge in [0, 0.05) is 19.0 Å². The van der Waals surface area contributed by atoms with E-state index in [4.69, 9.17) is 0 Å². The molecule has 194 valence electrons. The normalized spacial score (nSPS) is 28.9. The van der Waals surface area contributed by atoms with Crippen molar-refractivity contribution in [1.29, 1.82) is 5.26 Å². The van der Waals surface area contributed by atoms with Crippen molar-refractivity contribution in [3.05, 3.63) is 0 Å². The van der Waals surface area contributed by atoms with Crippen molar-refractivity contribution in [3.63, 3.8) is 0 Å². The van der Waals surface area contributed by atoms with Crippen LogP contribution in [0.1, 0.15) is 47.5 Å². The SMILES string of the molecule is CC(C)(C)[C@H](NC(=O)C(F)(F)F)C(=O)N1C[C@H]2[C@@H]([C@H]1C(=O)N[C@@H](C#N)C[C@@H]1CCNC1=O)C2(C)C. The lowest BCUT2D eigenvalue weighted by Crippen LogP contribution is -2.61. The number of piperidine rings is 1. The first kappa shape index (κ1) is 26.8. The van der Waals surface area contributed by atoms with E-state index in [1.54, 1.807) is 5.32 Å². The van der Waals surface area contributed by atoms with E-state index in [-0.39, 0.29) is 36.1 Å². The number of nitrogens with one attached hydrogen (secondary N) is 3. The number of nitriles is 1. The molecule has 0 aromatic carbocycles. The second-order valence-corrected chi connectivity index (χ2v) is 11.4. The van der Waals surface area contributed by atoms with Gasteiger partial charge in [-0.05, 0) is 35.5 Å². The molecule has 4 amide bonds. The van der Waals surface area contributed by atoms with Crippen LogP contribution in [-0.2, 0) is 19.2 Å². The van der Waals surface area contributed by atoms with Gasteiger partial charge >= 0.3 is 12.1 Å². The Bertz CT molecular complexity index is 952. The summed E-state index contributed by atoms with van der Waals surface area (Å²) in [5, 5.41) is 16.7. The number of alkyl halides is 3. The van der Waals surface area contributed by atoms with Gasteiger partial charge in [-0.15, -0.1) is 0 Å². The van der Waals surface area contributed by atoms with E-state index < -0.39 is 53.4 Å². The molecule has 9 nitrogen and oxygen atoms in total. The highest BCUT2D eigenvalue weighted by molar-refractivity contribution is 5.95. The maximum Gasteiger partial charge on any atom is 0.471 e. The number of likely N-dealkylation sites (tertiary alicyclic amines) is 1. The molecule has 3 N–H and O–H groups in total. The van der Waals surface area contributed by atoms with Crippen molar-refractivity contribution >= 4 is 23.6 Å². The Labute approximate surface area is 202 Å². The zero-order chi connectivity index (χ0) is 26.5. The van der Waals surface area contributed by atoms with E-state index in [0.717, 1.165) is 0 Å². The van der Waals surface area contributed by atoms with Crippen molar-refractivity contribution in [1.82, 2.24) is 20.9 Å². The molecule has 6 atom stereocenters. The van der Waals surface area contributed by atoms with Gasteiger partial charge in [-0.2, -0.15) is 18.4 Å². The third kappa shape index (κ3) is 5.23. The minimum atomic E-state index is -5.16. The topological polar surface area (TPSA) is 131 Å². The summed E-state index contributed by atoms with van der Waals surface area (Å²) in [5.41, 5.74) is -1.33. The lowest BCUT2D eigenvalue weighted by atomic mass is 9.85. The fourth-order valence-corrected chi connectivity index (χ4v) is 5.40. The lowest BCUT2D eigenvalue weighted by Gasteiger charge is -2.37. The third-order valence-electron chi connectivity index (χ3n) is 7.56. The van der Waals surface area contributed by atoms with E-state index in [1.807, 2.05) is 19.9 Å². The molecule has 3 rings (SSSR count). The van der Waals surface area contributed by atoms with Crippen molar-refractivity contribution in [2.75, 3.05) is 13.1 Å². The van der Waals surface area contributed by atoms with Crippen LogP contribution in [0.3, 0.4) is 0 Å². The summed E-state index contributed by atoms with van der Waals surface area (Å²) in [4.78, 5) is 51.6. The second kappa shape index (κ2) is 8.99. The summed E-state index contributed by atoms with van der Waals surface area (Å²) in [7, 11) is 0. The molecule has 3 aliphatic rings. The minimum Gasteiger partial charge on any atom is -0.356 e. The molecule has 2 aliphatic heterocycles. The molecule has 2 heterocycles. The predicted molar refractivity (Wildman–Crippen MR) is 117 cm³/mol. The van der Waals surface area contributed by atoms with Gasteiger partial charge in [0.1, 0.15) is 18.1 Å². The van der Waals surface area contributed by atoms with Gasteiger partial charge in [0.2, 0.25) is 17.7 Å². The van der Waals surface area contributed by atoms with Crippen LogP contribution in [0.25, 0.3) is 0 Å². The van der Waals surface area contributed by atoms with E-state index in [1.165, 1.54) is 25.7 Å². The highest BCUT2D eigenvalue weighted by atomic mass is 19.4. The first-order chi connectivity index (χ1) is 16.0. The summed E-state index contributed by atoms with van der Waals surface area (Å²) in [6.45, 7) is 9.13. The molecule has 3 fully saturated rings. The van der Waals surface area contributed by atoms with E-state index in [2.05, 4.69) is 10.6 Å². The number of hydrogen-bond donors (Lipinski definition) is 3. The Morgan fingerprint density at radius 2 is 1.86 bits per heavy atom. The van der Waals surface area contributed by atoms with Crippen LogP contribution in [0.2, 0.25) is 0 Å². The largest absolute Gasteiger partial charge is 0.471 e. The van der Waals surface area contributed by atoms with Gasteiger partial charge in [0.25, 0.3) is 0 Å². The number of carbonyl (C=O) groups excluding carboxylic acids is 4. The smallest absolute Gasteiger partial charge is 0.356 e. The molecular formula is C23H32F3N5O4. The quantitative estimate of drug-likeness (QED) is 0.504. The van der Waals surface area contributed by atoms with E-state index in [0.29, 0.717) is 13.0 Å². The van der Waals surface area contributed by atoms with Crippen LogP contribution < -0.4 is 16.0 Å². The standard InChI is InChI=1S/C23H32F3N5O4/c1-21(2,3)16(30-20(35)23(24,25)26)19(34)31-10-13-14(22(13,4)5)15(31)18(33)29-12(9-27)8-11-6-7-28-17(11)32/h11-16H,6-8,10H2,1-5H3,(H,28,32)(H,29,33)(H,30,35)/t11-,12+,13-,14-,15-,16+/m0/s1. The molecule has 0 spiro atoms. The van der Waals surface area contributed by atoms with E-state index >= 15 is 0 Å². The summed E-state index contributed by atoms with van der Waals surface area (Å²) in [6.07, 6.45) is -4.49. The van der Waals surface area contributed by atoms with Crippen molar-refractivity contribution in [2.45, 2.75) is 71.8 Å². The predicted octanol–water partition coefficient (Wildman–Crippen LogP) is 1.10. The molecule has 0 unspecified atom stereocenters. The number of hydrogen-bond acceptors (Lipinski definition) is 5. The van der Waals surface area contributed by atoms with Crippen molar-refractivity contribution in [2.24, 2.45) is 28.6 Å². The van der Waals surface area contributed by atoms with Gasteiger partial charge in [-0.25, -0.2) is 0 Å². The average Bonchev–Trinajstić information content (AvgIpc) is 3.10. The van der Waals surface area contributed by atoms with Gasteiger partial charge in [-0.3, -0.25) is 19.2 Å². The maximum absolute atomic E-state index is 13.5. The monoisotopic (exact) mass is 499 g/mol. The van der Waals surface area contributed by atoms with Gasteiger partial charge in [0.05, 0.1) is 6.07 Å². The lowest BCUT2D eigenvalue weighted by molar-refractivity contribution is -0.176.